The number of aromatic nitrogens is 2. The van der Waals surface area contributed by atoms with Crippen LogP contribution in [0.2, 0.25) is 0 Å². The average molecular weight is 282 g/mol. The zero-order valence-electron chi connectivity index (χ0n) is 12.9. The van der Waals surface area contributed by atoms with Gasteiger partial charge in [-0.25, -0.2) is 9.97 Å². The molecule has 6 nitrogen and oxygen atoms in total. The maximum atomic E-state index is 5.50. The molecule has 1 rings (SSSR count). The molecule has 0 fully saturated rings. The molecular formula is C14H26N4O2. The molecule has 6 heteroatoms. The van der Waals surface area contributed by atoms with Crippen LogP contribution < -0.4 is 10.6 Å². The van der Waals surface area contributed by atoms with Crippen molar-refractivity contribution in [3.05, 3.63) is 11.9 Å². The summed E-state index contributed by atoms with van der Waals surface area (Å²) in [4.78, 5) is 8.71. The third-order valence-electron chi connectivity index (χ3n) is 2.63. The fourth-order valence-electron chi connectivity index (χ4n) is 1.67. The summed E-state index contributed by atoms with van der Waals surface area (Å²) < 4.78 is 10.6. The van der Waals surface area contributed by atoms with Gasteiger partial charge in [0.05, 0.1) is 6.10 Å². The first-order valence-electron chi connectivity index (χ1n) is 7.05. The van der Waals surface area contributed by atoms with Crippen LogP contribution in [-0.2, 0) is 16.1 Å². The Morgan fingerprint density at radius 2 is 1.95 bits per heavy atom. The summed E-state index contributed by atoms with van der Waals surface area (Å²) in [5.41, 5.74) is 0. The second-order valence-corrected chi connectivity index (χ2v) is 4.79. The van der Waals surface area contributed by atoms with Crippen molar-refractivity contribution in [3.8, 4) is 0 Å². The molecule has 20 heavy (non-hydrogen) atoms. The van der Waals surface area contributed by atoms with Crippen LogP contribution in [0.15, 0.2) is 6.07 Å². The monoisotopic (exact) mass is 282 g/mol. The SMILES string of the molecule is CNc1cc(NCCCCOC(C)C)nc(COC)n1. The van der Waals surface area contributed by atoms with Gasteiger partial charge in [-0.2, -0.15) is 0 Å². The minimum Gasteiger partial charge on any atom is -0.379 e. The first-order chi connectivity index (χ1) is 9.65. The molecule has 1 aromatic heterocycles. The maximum Gasteiger partial charge on any atom is 0.158 e. The predicted octanol–water partition coefficient (Wildman–Crippen LogP) is 2.28. The van der Waals surface area contributed by atoms with Gasteiger partial charge in [-0.1, -0.05) is 0 Å². The largest absolute Gasteiger partial charge is 0.379 e. The van der Waals surface area contributed by atoms with Gasteiger partial charge in [0.25, 0.3) is 0 Å². The lowest BCUT2D eigenvalue weighted by Gasteiger charge is -2.10. The molecule has 114 valence electrons. The minimum absolute atomic E-state index is 0.305. The van der Waals surface area contributed by atoms with Gasteiger partial charge in [-0.15, -0.1) is 0 Å². The van der Waals surface area contributed by atoms with Gasteiger partial charge >= 0.3 is 0 Å². The summed E-state index contributed by atoms with van der Waals surface area (Å²) in [7, 11) is 3.48. The van der Waals surface area contributed by atoms with Crippen LogP contribution in [0.3, 0.4) is 0 Å². The van der Waals surface area contributed by atoms with E-state index in [1.165, 1.54) is 0 Å². The van der Waals surface area contributed by atoms with Gasteiger partial charge in [0.15, 0.2) is 5.82 Å². The second-order valence-electron chi connectivity index (χ2n) is 4.79. The Morgan fingerprint density at radius 1 is 1.20 bits per heavy atom. The summed E-state index contributed by atoms with van der Waals surface area (Å²) in [6, 6.07) is 1.89. The molecule has 0 radical (unpaired) electrons. The number of unbranched alkanes of at least 4 members (excludes halogenated alkanes) is 1. The number of rotatable bonds is 10. The van der Waals surface area contributed by atoms with Crippen molar-refractivity contribution in [3.63, 3.8) is 0 Å². The molecule has 0 saturated heterocycles. The van der Waals surface area contributed by atoms with Crippen molar-refractivity contribution in [1.29, 1.82) is 0 Å². The Morgan fingerprint density at radius 3 is 2.60 bits per heavy atom. The third-order valence-corrected chi connectivity index (χ3v) is 2.63. The number of ether oxygens (including phenoxy) is 2. The van der Waals surface area contributed by atoms with Crippen molar-refractivity contribution in [2.75, 3.05) is 37.9 Å². The van der Waals surface area contributed by atoms with Crippen molar-refractivity contribution in [1.82, 2.24) is 9.97 Å². The van der Waals surface area contributed by atoms with Gasteiger partial charge in [0.1, 0.15) is 18.2 Å². The fourth-order valence-corrected chi connectivity index (χ4v) is 1.67. The number of hydrogen-bond acceptors (Lipinski definition) is 6. The lowest BCUT2D eigenvalue weighted by atomic mass is 10.3. The van der Waals surface area contributed by atoms with E-state index in [-0.39, 0.29) is 0 Å². The zero-order chi connectivity index (χ0) is 14.8. The lowest BCUT2D eigenvalue weighted by Crippen LogP contribution is -2.10. The number of hydrogen-bond donors (Lipinski definition) is 2. The van der Waals surface area contributed by atoms with Crippen LogP contribution >= 0.6 is 0 Å². The summed E-state index contributed by atoms with van der Waals surface area (Å²) >= 11 is 0. The fraction of sp³-hybridized carbons (Fsp3) is 0.714. The molecule has 1 heterocycles. The van der Waals surface area contributed by atoms with Crippen LogP contribution in [0.5, 0.6) is 0 Å². The summed E-state index contributed by atoms with van der Waals surface area (Å²) in [6.45, 7) is 6.19. The van der Waals surface area contributed by atoms with Crippen molar-refractivity contribution >= 4 is 11.6 Å². The average Bonchev–Trinajstić information content (AvgIpc) is 2.42. The highest BCUT2D eigenvalue weighted by Crippen LogP contribution is 2.11. The number of nitrogens with one attached hydrogen (secondary N) is 2. The predicted molar refractivity (Wildman–Crippen MR) is 81.1 cm³/mol. The van der Waals surface area contributed by atoms with Crippen LogP contribution in [0.4, 0.5) is 11.6 Å². The maximum absolute atomic E-state index is 5.50. The van der Waals surface area contributed by atoms with E-state index in [0.29, 0.717) is 18.5 Å². The molecule has 0 unspecified atom stereocenters. The van der Waals surface area contributed by atoms with Crippen molar-refractivity contribution in [2.45, 2.75) is 39.4 Å². The zero-order valence-corrected chi connectivity index (χ0v) is 12.9. The highest BCUT2D eigenvalue weighted by atomic mass is 16.5. The molecule has 0 spiro atoms. The normalized spacial score (nSPS) is 10.8. The number of nitrogens with zero attached hydrogens (tertiary/aromatic N) is 2. The van der Waals surface area contributed by atoms with E-state index in [9.17, 15) is 0 Å². The molecule has 0 amide bonds. The van der Waals surface area contributed by atoms with E-state index in [4.69, 9.17) is 9.47 Å². The Balaban J connectivity index is 2.36. The van der Waals surface area contributed by atoms with Gasteiger partial charge < -0.3 is 20.1 Å². The van der Waals surface area contributed by atoms with E-state index < -0.39 is 0 Å². The minimum atomic E-state index is 0.305. The van der Waals surface area contributed by atoms with Gasteiger partial charge in [0, 0.05) is 33.4 Å². The van der Waals surface area contributed by atoms with E-state index in [1.54, 1.807) is 7.11 Å². The summed E-state index contributed by atoms with van der Waals surface area (Å²) in [5.74, 6) is 2.28. The molecule has 0 saturated carbocycles. The van der Waals surface area contributed by atoms with Crippen LogP contribution in [0, 0.1) is 0 Å². The standard InChI is InChI=1S/C14H26N4O2/c1-11(2)20-8-6-5-7-16-13-9-12(15-3)17-14(18-13)10-19-4/h9,11H,5-8,10H2,1-4H3,(H2,15,16,17,18). The molecule has 0 bridgehead atoms. The Labute approximate surface area is 121 Å². The van der Waals surface area contributed by atoms with Crippen LogP contribution in [0.1, 0.15) is 32.5 Å². The smallest absolute Gasteiger partial charge is 0.158 e. The highest BCUT2D eigenvalue weighted by molar-refractivity contribution is 5.47. The molecular weight excluding hydrogens is 256 g/mol. The number of methoxy groups -OCH3 is 1. The van der Waals surface area contributed by atoms with E-state index in [0.717, 1.165) is 37.6 Å². The Bertz CT molecular complexity index is 385. The van der Waals surface area contributed by atoms with E-state index in [2.05, 4.69) is 34.4 Å². The molecule has 0 aliphatic carbocycles. The summed E-state index contributed by atoms with van der Waals surface area (Å²) in [5, 5.41) is 6.33. The second kappa shape index (κ2) is 9.50. The first kappa shape index (κ1) is 16.7. The van der Waals surface area contributed by atoms with E-state index in [1.807, 2.05) is 13.1 Å². The van der Waals surface area contributed by atoms with Crippen molar-refractivity contribution in [2.24, 2.45) is 0 Å². The molecule has 2 N–H and O–H groups in total. The van der Waals surface area contributed by atoms with Gasteiger partial charge in [-0.3, -0.25) is 0 Å². The van der Waals surface area contributed by atoms with E-state index >= 15 is 0 Å². The first-order valence-corrected chi connectivity index (χ1v) is 7.05. The molecule has 0 atom stereocenters. The summed E-state index contributed by atoms with van der Waals surface area (Å²) in [6.07, 6.45) is 2.39. The molecule has 0 aromatic carbocycles. The van der Waals surface area contributed by atoms with Crippen molar-refractivity contribution < 1.29 is 9.47 Å². The quantitative estimate of drug-likeness (QED) is 0.642. The lowest BCUT2D eigenvalue weighted by molar-refractivity contribution is 0.0765. The molecule has 0 aliphatic rings. The van der Waals surface area contributed by atoms with Gasteiger partial charge in [-0.05, 0) is 26.7 Å². The Kier molecular flexibility index (Phi) is 7.91. The number of anilines is 2. The topological polar surface area (TPSA) is 68.3 Å². The van der Waals surface area contributed by atoms with Gasteiger partial charge in [0.2, 0.25) is 0 Å². The van der Waals surface area contributed by atoms with Crippen LogP contribution in [0.25, 0.3) is 0 Å². The highest BCUT2D eigenvalue weighted by Gasteiger charge is 2.03. The molecule has 0 aliphatic heterocycles. The third kappa shape index (κ3) is 6.68. The Hall–Kier alpha value is -1.40. The molecule has 1 aromatic rings. The van der Waals surface area contributed by atoms with Crippen LogP contribution in [-0.4, -0.2) is 43.4 Å².